The molecule has 1 unspecified atom stereocenters. The Labute approximate surface area is 335 Å². The zero-order chi connectivity index (χ0) is 41.5. The number of methoxy groups -OCH3 is 2. The fourth-order valence-electron chi connectivity index (χ4n) is 9.55. The monoisotopic (exact) mass is 804 g/mol. The van der Waals surface area contributed by atoms with Gasteiger partial charge in [0.1, 0.15) is 6.04 Å². The summed E-state index contributed by atoms with van der Waals surface area (Å²) < 4.78 is 36.2. The van der Waals surface area contributed by atoms with E-state index < -0.39 is 64.0 Å². The van der Waals surface area contributed by atoms with E-state index in [1.165, 1.54) is 7.11 Å². The Bertz CT molecular complexity index is 1590. The van der Waals surface area contributed by atoms with E-state index in [4.69, 9.17) is 14.6 Å². The third-order valence-corrected chi connectivity index (χ3v) is 13.6. The molecule has 2 bridgehead atoms. The Morgan fingerprint density at radius 1 is 1.00 bits per heavy atom. The summed E-state index contributed by atoms with van der Waals surface area (Å²) in [6.45, 7) is 10.1. The summed E-state index contributed by atoms with van der Waals surface area (Å²) in [5.41, 5.74) is 0.855. The lowest BCUT2D eigenvalue weighted by Crippen LogP contribution is -2.60. The average Bonchev–Trinajstić information content (AvgIpc) is 3.90. The number of nitrogens with one attached hydrogen (secondary N) is 2. The highest BCUT2D eigenvalue weighted by Gasteiger charge is 2.49. The summed E-state index contributed by atoms with van der Waals surface area (Å²) in [6, 6.07) is 7.06. The molecule has 0 radical (unpaired) electrons. The zero-order valence-corrected chi connectivity index (χ0v) is 35.8. The molecule has 3 aliphatic rings. The van der Waals surface area contributed by atoms with Crippen molar-refractivity contribution in [1.29, 1.82) is 0 Å². The minimum atomic E-state index is -3.89. The van der Waals surface area contributed by atoms with E-state index >= 15 is 0 Å². The van der Waals surface area contributed by atoms with Gasteiger partial charge in [-0.2, -0.15) is 0 Å². The third kappa shape index (κ3) is 11.1. The lowest BCUT2D eigenvalue weighted by molar-refractivity contribution is -0.148. The van der Waals surface area contributed by atoms with E-state index in [1.54, 1.807) is 30.9 Å². The Morgan fingerprint density at radius 3 is 2.23 bits per heavy atom. The van der Waals surface area contributed by atoms with Gasteiger partial charge in [0.2, 0.25) is 33.7 Å². The van der Waals surface area contributed by atoms with Gasteiger partial charge in [-0.15, -0.1) is 0 Å². The summed E-state index contributed by atoms with van der Waals surface area (Å²) in [4.78, 5) is 61.5. The first-order chi connectivity index (χ1) is 26.4. The molecule has 0 aromatic heterocycles. The van der Waals surface area contributed by atoms with E-state index in [0.717, 1.165) is 31.2 Å². The number of nitrogens with zero attached hydrogens (tertiary/aromatic N) is 3. The molecule has 4 rings (SSSR count). The van der Waals surface area contributed by atoms with Gasteiger partial charge in [-0.1, -0.05) is 71.4 Å². The number of amides is 4. The second-order valence-electron chi connectivity index (χ2n) is 16.9. The number of nitrogens with two attached hydrogens (primary N) is 1. The minimum absolute atomic E-state index is 0.00120. The third-order valence-electron chi connectivity index (χ3n) is 12.8. The molecule has 1 aromatic rings. The van der Waals surface area contributed by atoms with E-state index in [0.29, 0.717) is 31.3 Å². The van der Waals surface area contributed by atoms with Crippen molar-refractivity contribution >= 4 is 33.7 Å². The van der Waals surface area contributed by atoms with Crippen molar-refractivity contribution in [2.24, 2.45) is 28.8 Å². The van der Waals surface area contributed by atoms with Crippen molar-refractivity contribution in [3.8, 4) is 0 Å². The first-order valence-electron chi connectivity index (χ1n) is 20.4. The Balaban J connectivity index is 1.47. The molecule has 2 aliphatic heterocycles. The van der Waals surface area contributed by atoms with Crippen molar-refractivity contribution in [2.45, 2.75) is 134 Å². The van der Waals surface area contributed by atoms with Crippen molar-refractivity contribution in [1.82, 2.24) is 25.3 Å². The number of likely N-dealkylation sites (tertiary alicyclic amines) is 2. The summed E-state index contributed by atoms with van der Waals surface area (Å²) in [5, 5.41) is 11.4. The molecular formula is C41H68N6O8S. The van der Waals surface area contributed by atoms with Gasteiger partial charge in [0.05, 0.1) is 48.4 Å². The van der Waals surface area contributed by atoms with Crippen LogP contribution >= 0.6 is 0 Å². The number of rotatable bonds is 20. The maximum Gasteiger partial charge on any atom is 0.245 e. The second-order valence-corrected chi connectivity index (χ2v) is 18.5. The van der Waals surface area contributed by atoms with Crippen LogP contribution in [0.2, 0.25) is 0 Å². The normalized spacial score (nSPS) is 24.9. The van der Waals surface area contributed by atoms with Gasteiger partial charge in [-0.05, 0) is 68.9 Å². The lowest BCUT2D eigenvalue weighted by atomic mass is 9.89. The first-order valence-corrected chi connectivity index (χ1v) is 22.1. The average molecular weight is 805 g/mol. The van der Waals surface area contributed by atoms with Crippen molar-refractivity contribution in [3.05, 3.63) is 35.9 Å². The smallest absolute Gasteiger partial charge is 0.245 e. The van der Waals surface area contributed by atoms with Gasteiger partial charge < -0.3 is 29.9 Å². The molecule has 2 saturated heterocycles. The van der Waals surface area contributed by atoms with Crippen LogP contribution < -0.4 is 15.8 Å². The molecule has 14 nitrogen and oxygen atoms in total. The Hall–Kier alpha value is -3.11. The van der Waals surface area contributed by atoms with Gasteiger partial charge in [-0.25, -0.2) is 13.6 Å². The number of hydrogen-bond acceptors (Lipinski definition) is 9. The van der Waals surface area contributed by atoms with E-state index in [2.05, 4.69) is 15.5 Å². The van der Waals surface area contributed by atoms with E-state index in [-0.39, 0.29) is 48.4 Å². The zero-order valence-electron chi connectivity index (χ0n) is 35.0. The first kappa shape index (κ1) is 45.6. The van der Waals surface area contributed by atoms with Crippen molar-refractivity contribution < 1.29 is 37.1 Å². The molecule has 0 spiro atoms. The van der Waals surface area contributed by atoms with Crippen LogP contribution in [-0.4, -0.2) is 136 Å². The van der Waals surface area contributed by atoms with Crippen LogP contribution in [0.1, 0.15) is 85.1 Å². The van der Waals surface area contributed by atoms with Crippen LogP contribution in [0, 0.1) is 23.7 Å². The minimum Gasteiger partial charge on any atom is -0.379 e. The maximum absolute atomic E-state index is 14.3. The Morgan fingerprint density at radius 2 is 1.68 bits per heavy atom. The highest BCUT2D eigenvalue weighted by molar-refractivity contribution is 7.89. The quantitative estimate of drug-likeness (QED) is 0.179. The molecule has 15 heteroatoms. The number of primary sulfonamides is 1. The van der Waals surface area contributed by atoms with Gasteiger partial charge in [0.25, 0.3) is 0 Å². The molecule has 4 N–H and O–H groups in total. The molecular weight excluding hydrogens is 737 g/mol. The highest BCUT2D eigenvalue weighted by atomic mass is 32.2. The number of ether oxygens (including phenoxy) is 2. The van der Waals surface area contributed by atoms with Crippen molar-refractivity contribution in [3.63, 3.8) is 0 Å². The van der Waals surface area contributed by atoms with Crippen LogP contribution in [0.25, 0.3) is 0 Å². The van der Waals surface area contributed by atoms with Crippen LogP contribution in [0.4, 0.5) is 0 Å². The molecule has 3 fully saturated rings. The number of fused-ring (bicyclic) bond motifs is 2. The molecule has 1 aromatic carbocycles. The van der Waals surface area contributed by atoms with Gasteiger partial charge in [0, 0.05) is 39.9 Å². The molecule has 1 aliphatic carbocycles. The lowest BCUT2D eigenvalue weighted by Gasteiger charge is -2.41. The van der Waals surface area contributed by atoms with Crippen LogP contribution in [0.5, 0.6) is 0 Å². The van der Waals surface area contributed by atoms with E-state index in [1.807, 2.05) is 65.1 Å². The summed E-state index contributed by atoms with van der Waals surface area (Å²) in [7, 11) is 2.91. The van der Waals surface area contributed by atoms with Gasteiger partial charge in [-0.3, -0.25) is 24.1 Å². The fraction of sp³-hybridized carbons (Fsp3) is 0.756. The molecule has 1 saturated carbocycles. The molecule has 11 atom stereocenters. The van der Waals surface area contributed by atoms with Crippen molar-refractivity contribution in [2.75, 3.05) is 40.6 Å². The number of sulfonamides is 1. The number of benzene rings is 1. The SMILES string of the molecule is CC[C@H](C)[C@@H]([C@@H](CC(=O)N1CCC[C@H]1[C@H](OC)[C@@H](C)C(=O)N[C@@H](Cc1ccccc1)CS(N)(=O)=O)OC)N(C)C(=O)[C@@H](NC(=O)[C@@H]1[C@H]2CCC(C2)N1C)C(C)C. The van der Waals surface area contributed by atoms with Gasteiger partial charge >= 0.3 is 0 Å². The standard InChI is InChI=1S/C41H68N6O8S/c1-10-26(4)36(46(7)41(51)35(25(2)3)44-40(50)37-29-18-19-31(22-29)45(37)6)33(54-8)23-34(48)47-20-14-17-32(47)38(55-9)27(5)39(49)43-30(24-56(42,52)53)21-28-15-12-11-13-16-28/h11-13,15-16,25-27,29-33,35-38H,10,14,17-24H2,1-9H3,(H,43,49)(H,44,50)(H2,42,52,53)/t26-,27+,29-,30-,31?,32-,33+,35-,36-,37-,38+/m0/s1. The molecule has 4 amide bonds. The topological polar surface area (TPSA) is 181 Å². The number of hydrogen-bond donors (Lipinski definition) is 3. The number of carbonyl (C=O) groups is 4. The molecule has 2 heterocycles. The summed E-state index contributed by atoms with van der Waals surface area (Å²) in [5.74, 6) is -1.95. The number of carbonyl (C=O) groups excluding carboxylic acids is 4. The van der Waals surface area contributed by atoms with Gasteiger partial charge in [0.15, 0.2) is 0 Å². The predicted octanol–water partition coefficient (Wildman–Crippen LogP) is 2.55. The summed E-state index contributed by atoms with van der Waals surface area (Å²) >= 11 is 0. The highest BCUT2D eigenvalue weighted by Crippen LogP contribution is 2.41. The second kappa shape index (κ2) is 20.0. The largest absolute Gasteiger partial charge is 0.379 e. The van der Waals surface area contributed by atoms with E-state index in [9.17, 15) is 27.6 Å². The number of piperidine rings is 1. The maximum atomic E-state index is 14.3. The molecule has 56 heavy (non-hydrogen) atoms. The fourth-order valence-corrected chi connectivity index (χ4v) is 10.3. The Kier molecular flexibility index (Phi) is 16.3. The summed E-state index contributed by atoms with van der Waals surface area (Å²) in [6.07, 6.45) is 4.16. The molecule has 316 valence electrons. The predicted molar refractivity (Wildman–Crippen MR) is 216 cm³/mol. The number of likely N-dealkylation sites (N-methyl/N-ethyl adjacent to an activating group) is 2. The van der Waals surface area contributed by atoms with Crippen LogP contribution in [0.3, 0.4) is 0 Å². The van der Waals surface area contributed by atoms with Crippen LogP contribution in [0.15, 0.2) is 30.3 Å². The van der Waals surface area contributed by atoms with Crippen LogP contribution in [-0.2, 0) is 45.1 Å².